The molecule has 3 aliphatic rings. The first-order chi connectivity index (χ1) is 13.7. The summed E-state index contributed by atoms with van der Waals surface area (Å²) in [6.07, 6.45) is 3.51. The summed E-state index contributed by atoms with van der Waals surface area (Å²) in [6.45, 7) is 10.5. The zero-order valence-electron chi connectivity index (χ0n) is 17.4. The summed E-state index contributed by atoms with van der Waals surface area (Å²) < 4.78 is -0.699. The van der Waals surface area contributed by atoms with Crippen LogP contribution in [0.4, 0.5) is 0 Å². The molecule has 0 aromatic rings. The summed E-state index contributed by atoms with van der Waals surface area (Å²) in [7, 11) is 0. The van der Waals surface area contributed by atoms with Crippen LogP contribution in [0.1, 0.15) is 40.0 Å². The van der Waals surface area contributed by atoms with Crippen LogP contribution in [-0.2, 0) is 14.4 Å². The monoisotopic (exact) mass is 424 g/mol. The van der Waals surface area contributed by atoms with Gasteiger partial charge in [-0.2, -0.15) is 0 Å². The number of rotatable bonds is 9. The molecule has 8 heteroatoms. The highest BCUT2D eigenvalue weighted by Gasteiger charge is 2.76. The van der Waals surface area contributed by atoms with Gasteiger partial charge in [0.25, 0.3) is 0 Å². The molecule has 6 atom stereocenters. The van der Waals surface area contributed by atoms with Gasteiger partial charge >= 0.3 is 5.97 Å². The molecule has 0 aromatic heterocycles. The fourth-order valence-corrected chi connectivity index (χ4v) is 7.98. The van der Waals surface area contributed by atoms with Gasteiger partial charge in [0, 0.05) is 31.0 Å². The van der Waals surface area contributed by atoms with E-state index in [0.717, 1.165) is 0 Å². The highest BCUT2D eigenvalue weighted by Crippen LogP contribution is 2.68. The summed E-state index contributed by atoms with van der Waals surface area (Å²) in [4.78, 5) is 42.7. The first-order valence-corrected chi connectivity index (χ1v) is 11.3. The van der Waals surface area contributed by atoms with Gasteiger partial charge in [-0.25, -0.2) is 0 Å². The maximum Gasteiger partial charge on any atom is 0.308 e. The number of amides is 2. The quantitative estimate of drug-likeness (QED) is 0.431. The number of carboxylic acids is 1. The third-order valence-corrected chi connectivity index (χ3v) is 8.88. The standard InChI is InChI=1S/C21H32N2O5S/c1-5-8-22(12(2)3)19(26)17-21-13(4)11-14(29-21)15(20(27)28)16(21)18(25)23(17)9-6-7-10-24/h5,12-17,24H,1,6-11H2,2-4H3,(H,27,28)/t13?,14-,15+,16-,17?,21?/m0/s1. The van der Waals surface area contributed by atoms with Gasteiger partial charge in [-0.1, -0.05) is 13.0 Å². The molecule has 3 rings (SSSR count). The minimum absolute atomic E-state index is 0.0226. The predicted molar refractivity (Wildman–Crippen MR) is 111 cm³/mol. The van der Waals surface area contributed by atoms with Crippen LogP contribution in [0.5, 0.6) is 0 Å². The second kappa shape index (κ2) is 8.30. The number of unbranched alkanes of at least 4 members (excludes halogenated alkanes) is 1. The molecule has 1 spiro atoms. The lowest BCUT2D eigenvalue weighted by atomic mass is 9.66. The van der Waals surface area contributed by atoms with Crippen LogP contribution in [0.25, 0.3) is 0 Å². The zero-order valence-corrected chi connectivity index (χ0v) is 18.2. The maximum atomic E-state index is 13.8. The van der Waals surface area contributed by atoms with Crippen molar-refractivity contribution < 1.29 is 24.6 Å². The third-order valence-electron chi connectivity index (χ3n) is 6.80. The molecule has 3 saturated heterocycles. The van der Waals surface area contributed by atoms with Crippen LogP contribution in [0, 0.1) is 17.8 Å². The molecular weight excluding hydrogens is 392 g/mol. The Bertz CT molecular complexity index is 699. The average molecular weight is 425 g/mol. The number of hydrogen-bond donors (Lipinski definition) is 2. The van der Waals surface area contributed by atoms with Gasteiger partial charge in [0.05, 0.1) is 16.6 Å². The van der Waals surface area contributed by atoms with E-state index in [1.54, 1.807) is 27.6 Å². The Labute approximate surface area is 176 Å². The molecule has 3 fully saturated rings. The summed E-state index contributed by atoms with van der Waals surface area (Å²) in [5.41, 5.74) is 0. The first-order valence-electron chi connectivity index (χ1n) is 10.5. The average Bonchev–Trinajstić information content (AvgIpc) is 3.23. The van der Waals surface area contributed by atoms with E-state index >= 15 is 0 Å². The lowest BCUT2D eigenvalue weighted by Crippen LogP contribution is -2.58. The minimum Gasteiger partial charge on any atom is -0.481 e. The first kappa shape index (κ1) is 22.2. The number of hydrogen-bond acceptors (Lipinski definition) is 5. The molecule has 3 heterocycles. The number of nitrogens with zero attached hydrogens (tertiary/aromatic N) is 2. The number of aliphatic hydroxyl groups is 1. The number of carboxylic acid groups (broad SMARTS) is 1. The van der Waals surface area contributed by atoms with Crippen LogP contribution >= 0.6 is 11.8 Å². The van der Waals surface area contributed by atoms with E-state index in [1.807, 2.05) is 13.8 Å². The Balaban J connectivity index is 2.05. The SMILES string of the molecule is C=CCN(C(=O)C1N(CCCCO)C(=O)[C@@H]2[C@H](C(=O)O)[C@@H]3CC(C)C12S3)C(C)C. The number of thioether (sulfide) groups is 1. The van der Waals surface area contributed by atoms with Crippen LogP contribution in [0.2, 0.25) is 0 Å². The summed E-state index contributed by atoms with van der Waals surface area (Å²) >= 11 is 1.56. The lowest BCUT2D eigenvalue weighted by molar-refractivity contribution is -0.149. The fourth-order valence-electron chi connectivity index (χ4n) is 5.57. The number of carbonyl (C=O) groups is 3. The molecule has 2 N–H and O–H groups in total. The highest BCUT2D eigenvalue weighted by atomic mass is 32.2. The van der Waals surface area contributed by atoms with E-state index in [0.29, 0.717) is 32.4 Å². The summed E-state index contributed by atoms with van der Waals surface area (Å²) in [5.74, 6) is -2.60. The molecular formula is C21H32N2O5S. The molecule has 0 radical (unpaired) electrons. The Kier molecular flexibility index (Phi) is 6.34. The van der Waals surface area contributed by atoms with E-state index in [-0.39, 0.29) is 35.6 Å². The molecule has 162 valence electrons. The van der Waals surface area contributed by atoms with Crippen molar-refractivity contribution in [2.75, 3.05) is 19.7 Å². The van der Waals surface area contributed by atoms with Crippen molar-refractivity contribution in [3.63, 3.8) is 0 Å². The highest BCUT2D eigenvalue weighted by molar-refractivity contribution is 8.02. The number of carbonyl (C=O) groups excluding carboxylic acids is 2. The van der Waals surface area contributed by atoms with Crippen molar-refractivity contribution in [3.8, 4) is 0 Å². The maximum absolute atomic E-state index is 13.8. The van der Waals surface area contributed by atoms with Gasteiger partial charge in [-0.3, -0.25) is 14.4 Å². The largest absolute Gasteiger partial charge is 0.481 e. The van der Waals surface area contributed by atoms with E-state index in [9.17, 15) is 19.5 Å². The summed E-state index contributed by atoms with van der Waals surface area (Å²) in [5, 5.41) is 18.9. The topological polar surface area (TPSA) is 98.2 Å². The lowest BCUT2D eigenvalue weighted by Gasteiger charge is -2.41. The normalized spacial score (nSPS) is 35.3. The Morgan fingerprint density at radius 3 is 2.66 bits per heavy atom. The van der Waals surface area contributed by atoms with Crippen LogP contribution in [-0.4, -0.2) is 79.6 Å². The van der Waals surface area contributed by atoms with Crippen molar-refractivity contribution in [2.24, 2.45) is 17.8 Å². The van der Waals surface area contributed by atoms with Crippen molar-refractivity contribution in [3.05, 3.63) is 12.7 Å². The molecule has 29 heavy (non-hydrogen) atoms. The molecule has 3 unspecified atom stereocenters. The van der Waals surface area contributed by atoms with Gasteiger partial charge in [0.2, 0.25) is 11.8 Å². The smallest absolute Gasteiger partial charge is 0.308 e. The van der Waals surface area contributed by atoms with Crippen LogP contribution in [0.3, 0.4) is 0 Å². The van der Waals surface area contributed by atoms with Crippen molar-refractivity contribution in [1.82, 2.24) is 9.80 Å². The van der Waals surface area contributed by atoms with Crippen LogP contribution in [0.15, 0.2) is 12.7 Å². The molecule has 3 aliphatic heterocycles. The molecule has 0 aromatic carbocycles. The number of aliphatic hydroxyl groups excluding tert-OH is 1. The summed E-state index contributed by atoms with van der Waals surface area (Å²) in [6, 6.07) is -0.727. The van der Waals surface area contributed by atoms with Crippen LogP contribution < -0.4 is 0 Å². The fraction of sp³-hybridized carbons (Fsp3) is 0.762. The number of likely N-dealkylation sites (tertiary alicyclic amines) is 1. The molecule has 2 bridgehead atoms. The van der Waals surface area contributed by atoms with E-state index < -0.39 is 28.6 Å². The van der Waals surface area contributed by atoms with Crippen molar-refractivity contribution in [2.45, 2.75) is 62.1 Å². The molecule has 7 nitrogen and oxygen atoms in total. The van der Waals surface area contributed by atoms with Gasteiger partial charge in [0.1, 0.15) is 6.04 Å². The zero-order chi connectivity index (χ0) is 21.5. The number of aliphatic carboxylic acids is 1. The molecule has 0 saturated carbocycles. The second-order valence-corrected chi connectivity index (χ2v) is 10.3. The van der Waals surface area contributed by atoms with E-state index in [2.05, 4.69) is 13.5 Å². The Hall–Kier alpha value is -1.54. The van der Waals surface area contributed by atoms with Gasteiger partial charge in [-0.15, -0.1) is 18.3 Å². The Morgan fingerprint density at radius 1 is 1.41 bits per heavy atom. The second-order valence-electron chi connectivity index (χ2n) is 8.73. The van der Waals surface area contributed by atoms with Gasteiger partial charge in [0.15, 0.2) is 0 Å². The van der Waals surface area contributed by atoms with Crippen molar-refractivity contribution in [1.29, 1.82) is 0 Å². The minimum atomic E-state index is -0.940. The molecule has 0 aliphatic carbocycles. The van der Waals surface area contributed by atoms with Gasteiger partial charge in [-0.05, 0) is 39.0 Å². The van der Waals surface area contributed by atoms with Crippen molar-refractivity contribution >= 4 is 29.5 Å². The van der Waals surface area contributed by atoms with E-state index in [4.69, 9.17) is 5.11 Å². The Morgan fingerprint density at radius 2 is 2.10 bits per heavy atom. The number of fused-ring (bicyclic) bond motifs is 1. The van der Waals surface area contributed by atoms with Gasteiger partial charge < -0.3 is 20.0 Å². The predicted octanol–water partition coefficient (Wildman–Crippen LogP) is 1.60. The molecule has 2 amide bonds. The third kappa shape index (κ3) is 3.28. The van der Waals surface area contributed by atoms with E-state index in [1.165, 1.54) is 0 Å².